The van der Waals surface area contributed by atoms with Gasteiger partial charge < -0.3 is 34.6 Å². The van der Waals surface area contributed by atoms with Gasteiger partial charge in [0.15, 0.2) is 0 Å². The topological polar surface area (TPSA) is 147 Å². The van der Waals surface area contributed by atoms with Crippen LogP contribution < -0.4 is 10.6 Å². The number of esters is 1. The Hall–Kier alpha value is -4.33. The van der Waals surface area contributed by atoms with E-state index < -0.39 is 48.1 Å². The molecule has 0 saturated carbocycles. The van der Waals surface area contributed by atoms with Crippen molar-refractivity contribution in [2.24, 2.45) is 29.6 Å². The number of rotatable bonds is 26. The molecule has 13 nitrogen and oxygen atoms in total. The zero-order chi connectivity index (χ0) is 47.0. The lowest BCUT2D eigenvalue weighted by molar-refractivity contribution is -0.149. The number of benzene rings is 2. The third kappa shape index (κ3) is 14.6. The van der Waals surface area contributed by atoms with Crippen molar-refractivity contribution in [1.29, 1.82) is 0 Å². The summed E-state index contributed by atoms with van der Waals surface area (Å²) in [5.74, 6) is -2.67. The van der Waals surface area contributed by atoms with Crippen LogP contribution in [0.1, 0.15) is 91.7 Å². The van der Waals surface area contributed by atoms with Crippen molar-refractivity contribution >= 4 is 35.2 Å². The second-order valence-electron chi connectivity index (χ2n) is 18.3. The molecule has 0 spiro atoms. The summed E-state index contributed by atoms with van der Waals surface area (Å²) in [6.07, 6.45) is 2.02. The van der Waals surface area contributed by atoms with Gasteiger partial charge in [-0.2, -0.15) is 0 Å². The van der Waals surface area contributed by atoms with Crippen LogP contribution in [0.15, 0.2) is 54.6 Å². The average molecular weight is 878 g/mol. The van der Waals surface area contributed by atoms with Gasteiger partial charge in [0.1, 0.15) is 11.8 Å². The molecule has 2 aromatic rings. The Morgan fingerprint density at radius 2 is 1.49 bits per heavy atom. The molecule has 9 atom stereocenters. The van der Waals surface area contributed by atoms with Crippen molar-refractivity contribution in [3.8, 4) is 0 Å². The van der Waals surface area contributed by atoms with Crippen molar-refractivity contribution in [1.82, 2.24) is 20.0 Å². The molecule has 1 saturated heterocycles. The van der Waals surface area contributed by atoms with Crippen molar-refractivity contribution in [3.63, 3.8) is 0 Å². The number of carbonyl (C=O) groups is 5. The van der Waals surface area contributed by atoms with Crippen LogP contribution in [0.3, 0.4) is 0 Å². The number of nitrogens with one attached hydrogen (secondary N) is 2. The molecule has 0 radical (unpaired) electrons. The maximum atomic E-state index is 14.6. The molecule has 1 fully saturated rings. The first-order valence-electron chi connectivity index (χ1n) is 23.0. The average Bonchev–Trinajstić information content (AvgIpc) is 3.76. The minimum absolute atomic E-state index is 0.00898. The van der Waals surface area contributed by atoms with Gasteiger partial charge >= 0.3 is 5.97 Å². The van der Waals surface area contributed by atoms with Crippen molar-refractivity contribution in [2.75, 3.05) is 60.9 Å². The highest BCUT2D eigenvalue weighted by molar-refractivity contribution is 5.90. The predicted octanol–water partition coefficient (Wildman–Crippen LogP) is 6.28. The van der Waals surface area contributed by atoms with E-state index >= 15 is 0 Å². The molecule has 352 valence electrons. The van der Waals surface area contributed by atoms with Gasteiger partial charge in [0.05, 0.1) is 49.8 Å². The molecule has 2 aromatic carbocycles. The van der Waals surface area contributed by atoms with E-state index in [9.17, 15) is 24.0 Å². The van der Waals surface area contributed by atoms with E-state index in [1.165, 1.54) is 12.7 Å². The number of amides is 3. The number of ketones is 1. The quantitative estimate of drug-likeness (QED) is 0.104. The Morgan fingerprint density at radius 3 is 2.03 bits per heavy atom. The summed E-state index contributed by atoms with van der Waals surface area (Å²) in [5.41, 5.74) is 3.15. The lowest BCUT2D eigenvalue weighted by Crippen LogP contribution is -2.60. The van der Waals surface area contributed by atoms with Gasteiger partial charge in [0, 0.05) is 59.4 Å². The SMILES string of the molecule is CC[C@H](C)[C@@H]([C@@H](CC(=O)N1CCC[C@H]1[C@H](OC)[C@@H](C)C(=O)C[C@@H](Cc1ccccc1)C(=O)OC)OC)N(C)C(=O)[C@@H](NC(=O)C(C(C)C)N(C)CCc1ccc(NC)cc1)C(C)C. The lowest BCUT2D eigenvalue weighted by atomic mass is 9.85. The van der Waals surface area contributed by atoms with Crippen molar-refractivity contribution in [3.05, 3.63) is 65.7 Å². The first-order valence-corrected chi connectivity index (χ1v) is 23.0. The molecule has 1 aliphatic rings. The molecule has 1 heterocycles. The first-order chi connectivity index (χ1) is 29.9. The molecule has 2 N–H and O–H groups in total. The highest BCUT2D eigenvalue weighted by Gasteiger charge is 2.43. The van der Waals surface area contributed by atoms with Gasteiger partial charge in [0.2, 0.25) is 17.7 Å². The van der Waals surface area contributed by atoms with Gasteiger partial charge in [-0.25, -0.2) is 0 Å². The Balaban J connectivity index is 1.77. The highest BCUT2D eigenvalue weighted by atomic mass is 16.5. The van der Waals surface area contributed by atoms with Gasteiger partial charge in [-0.1, -0.05) is 97.4 Å². The molecular weight excluding hydrogens is 799 g/mol. The number of nitrogens with zero attached hydrogens (tertiary/aromatic N) is 3. The first kappa shape index (κ1) is 53.0. The second-order valence-corrected chi connectivity index (χ2v) is 18.3. The number of Topliss-reactive ketones (excluding diaryl/α,β-unsaturated/α-hetero) is 1. The molecule has 0 aliphatic carbocycles. The largest absolute Gasteiger partial charge is 0.469 e. The summed E-state index contributed by atoms with van der Waals surface area (Å²) in [5, 5.41) is 6.28. The Kier molecular flexibility index (Phi) is 21.7. The van der Waals surface area contributed by atoms with E-state index in [4.69, 9.17) is 14.2 Å². The predicted molar refractivity (Wildman–Crippen MR) is 249 cm³/mol. The van der Waals surface area contributed by atoms with Crippen LogP contribution in [0.25, 0.3) is 0 Å². The number of likely N-dealkylation sites (N-methyl/N-ethyl adjacent to an activating group) is 2. The summed E-state index contributed by atoms with van der Waals surface area (Å²) in [4.78, 5) is 75.3. The second kappa shape index (κ2) is 25.8. The van der Waals surface area contributed by atoms with Crippen LogP contribution in [-0.4, -0.2) is 136 Å². The number of carbonyl (C=O) groups excluding carboxylic acids is 5. The summed E-state index contributed by atoms with van der Waals surface area (Å²) < 4.78 is 17.2. The van der Waals surface area contributed by atoms with E-state index in [1.54, 1.807) is 31.1 Å². The molecule has 0 bridgehead atoms. The zero-order valence-electron chi connectivity index (χ0n) is 40.5. The minimum atomic E-state index is -0.804. The molecular formula is C50H79N5O8. The number of ether oxygens (including phenoxy) is 3. The van der Waals surface area contributed by atoms with Gasteiger partial charge in [-0.15, -0.1) is 0 Å². The van der Waals surface area contributed by atoms with Crippen LogP contribution in [-0.2, 0) is 51.0 Å². The summed E-state index contributed by atoms with van der Waals surface area (Å²) in [7, 11) is 10.0. The number of anilines is 1. The van der Waals surface area contributed by atoms with Crippen LogP contribution in [0.2, 0.25) is 0 Å². The van der Waals surface area contributed by atoms with E-state index in [1.807, 2.05) is 98.1 Å². The van der Waals surface area contributed by atoms with Gasteiger partial charge in [-0.05, 0) is 73.7 Å². The third-order valence-corrected chi connectivity index (χ3v) is 13.3. The van der Waals surface area contributed by atoms with Crippen LogP contribution in [0.5, 0.6) is 0 Å². The number of likely N-dealkylation sites (tertiary alicyclic amines) is 1. The molecule has 13 heteroatoms. The fraction of sp³-hybridized carbons (Fsp3) is 0.660. The van der Waals surface area contributed by atoms with Crippen LogP contribution in [0.4, 0.5) is 5.69 Å². The normalized spacial score (nSPS) is 18.0. The Bertz CT molecular complexity index is 1740. The van der Waals surface area contributed by atoms with Crippen molar-refractivity contribution in [2.45, 2.75) is 130 Å². The molecule has 1 aliphatic heterocycles. The summed E-state index contributed by atoms with van der Waals surface area (Å²) in [6, 6.07) is 15.7. The molecule has 3 amide bonds. The smallest absolute Gasteiger partial charge is 0.309 e. The van der Waals surface area contributed by atoms with Gasteiger partial charge in [-0.3, -0.25) is 28.9 Å². The molecule has 3 rings (SSSR count). The van der Waals surface area contributed by atoms with E-state index in [2.05, 4.69) is 34.6 Å². The Labute approximate surface area is 378 Å². The van der Waals surface area contributed by atoms with Crippen LogP contribution in [0, 0.1) is 29.6 Å². The maximum Gasteiger partial charge on any atom is 0.309 e. The third-order valence-electron chi connectivity index (χ3n) is 13.3. The van der Waals surface area contributed by atoms with E-state index in [0.29, 0.717) is 25.9 Å². The van der Waals surface area contributed by atoms with Gasteiger partial charge in [0.25, 0.3) is 0 Å². The highest BCUT2D eigenvalue weighted by Crippen LogP contribution is 2.31. The monoisotopic (exact) mass is 878 g/mol. The van der Waals surface area contributed by atoms with Crippen LogP contribution >= 0.6 is 0 Å². The number of methoxy groups -OCH3 is 3. The number of hydrogen-bond donors (Lipinski definition) is 2. The van der Waals surface area contributed by atoms with Crippen molar-refractivity contribution < 1.29 is 38.2 Å². The lowest BCUT2D eigenvalue weighted by Gasteiger charge is -2.41. The summed E-state index contributed by atoms with van der Waals surface area (Å²) >= 11 is 0. The number of hydrogen-bond acceptors (Lipinski definition) is 10. The van der Waals surface area contributed by atoms with E-state index in [-0.39, 0.29) is 60.1 Å². The fourth-order valence-corrected chi connectivity index (χ4v) is 9.34. The molecule has 0 aromatic heterocycles. The standard InChI is InChI=1S/C50H79N5O8/c1-14-34(6)46(54(10)49(59)44(32(2)3)52-48(58)45(33(4)5)53(9)28-26-36-22-24-39(51-8)25-23-36)42(61-11)31-43(57)55-27-18-21-40(55)47(62-12)35(7)41(56)30-38(50(60)63-13)29-37-19-16-15-17-20-37/h15-17,19-20,22-25,32-35,38,40,42,44-47,51H,14,18,21,26-31H2,1-13H3,(H,52,58)/t34-,35-,38+,40-,42+,44-,45?,46-,47+/m0/s1. The maximum absolute atomic E-state index is 14.6. The minimum Gasteiger partial charge on any atom is -0.469 e. The molecule has 1 unspecified atom stereocenters. The fourth-order valence-electron chi connectivity index (χ4n) is 9.34. The van der Waals surface area contributed by atoms with E-state index in [0.717, 1.165) is 30.5 Å². The zero-order valence-corrected chi connectivity index (χ0v) is 40.5. The molecule has 63 heavy (non-hydrogen) atoms. The summed E-state index contributed by atoms with van der Waals surface area (Å²) in [6.45, 7) is 15.0. The Morgan fingerprint density at radius 1 is 0.841 bits per heavy atom.